The topological polar surface area (TPSA) is 32.3 Å². The van der Waals surface area contributed by atoms with E-state index in [0.29, 0.717) is 11.9 Å². The summed E-state index contributed by atoms with van der Waals surface area (Å²) in [5.41, 5.74) is 1.27. The molecule has 2 heterocycles. The van der Waals surface area contributed by atoms with Crippen LogP contribution in [0.5, 0.6) is 0 Å². The van der Waals surface area contributed by atoms with Crippen molar-refractivity contribution >= 4 is 17.2 Å². The molecule has 0 bridgehead atoms. The van der Waals surface area contributed by atoms with Crippen LogP contribution in [-0.4, -0.2) is 29.4 Å². The zero-order valence-electron chi connectivity index (χ0n) is 9.89. The molecule has 4 heteroatoms. The Kier molecular flexibility index (Phi) is 3.16. The van der Waals surface area contributed by atoms with Crippen LogP contribution in [0.25, 0.3) is 0 Å². The summed E-state index contributed by atoms with van der Waals surface area (Å²) >= 11 is 1.70. The third kappa shape index (κ3) is 2.53. The summed E-state index contributed by atoms with van der Waals surface area (Å²) in [7, 11) is 0. The molecule has 1 saturated heterocycles. The third-order valence-electron chi connectivity index (χ3n) is 3.56. The van der Waals surface area contributed by atoms with Gasteiger partial charge in [-0.1, -0.05) is 0 Å². The van der Waals surface area contributed by atoms with Gasteiger partial charge in [-0.3, -0.25) is 4.79 Å². The van der Waals surface area contributed by atoms with Crippen LogP contribution in [0.1, 0.15) is 31.2 Å². The molecule has 17 heavy (non-hydrogen) atoms. The molecule has 1 aromatic rings. The fourth-order valence-corrected chi connectivity index (χ4v) is 3.11. The lowest BCUT2D eigenvalue weighted by atomic mass is 10.2. The SMILES string of the molecule is O=C([C@H]1CCCN1)N(Cc1ccsc1)C1CC1. The van der Waals surface area contributed by atoms with Crippen LogP contribution in [0.4, 0.5) is 0 Å². The van der Waals surface area contributed by atoms with Crippen molar-refractivity contribution in [3.8, 4) is 0 Å². The van der Waals surface area contributed by atoms with E-state index in [0.717, 1.165) is 25.9 Å². The van der Waals surface area contributed by atoms with Crippen molar-refractivity contribution in [3.63, 3.8) is 0 Å². The first-order valence-electron chi connectivity index (χ1n) is 6.39. The highest BCUT2D eigenvalue weighted by atomic mass is 32.1. The van der Waals surface area contributed by atoms with Crippen LogP contribution >= 0.6 is 11.3 Å². The van der Waals surface area contributed by atoms with Gasteiger partial charge in [0.1, 0.15) is 0 Å². The van der Waals surface area contributed by atoms with E-state index >= 15 is 0 Å². The second kappa shape index (κ2) is 4.78. The molecule has 0 aromatic carbocycles. The Hall–Kier alpha value is -0.870. The zero-order valence-corrected chi connectivity index (χ0v) is 10.7. The summed E-state index contributed by atoms with van der Waals surface area (Å²) < 4.78 is 0. The average molecular weight is 250 g/mol. The van der Waals surface area contributed by atoms with Crippen molar-refractivity contribution in [1.82, 2.24) is 10.2 Å². The number of nitrogens with zero attached hydrogens (tertiary/aromatic N) is 1. The van der Waals surface area contributed by atoms with E-state index in [1.807, 2.05) is 0 Å². The maximum Gasteiger partial charge on any atom is 0.240 e. The highest BCUT2D eigenvalue weighted by Gasteiger charge is 2.36. The molecule has 1 saturated carbocycles. The highest BCUT2D eigenvalue weighted by Crippen LogP contribution is 2.30. The monoisotopic (exact) mass is 250 g/mol. The molecule has 1 N–H and O–H groups in total. The number of carbonyl (C=O) groups excluding carboxylic acids is 1. The minimum absolute atomic E-state index is 0.0780. The number of thiophene rings is 1. The number of rotatable bonds is 4. The van der Waals surface area contributed by atoms with E-state index in [9.17, 15) is 4.79 Å². The Morgan fingerprint density at radius 3 is 2.94 bits per heavy atom. The van der Waals surface area contributed by atoms with E-state index in [4.69, 9.17) is 0 Å². The zero-order chi connectivity index (χ0) is 11.7. The van der Waals surface area contributed by atoms with Crippen LogP contribution < -0.4 is 5.32 Å². The van der Waals surface area contributed by atoms with Crippen molar-refractivity contribution in [3.05, 3.63) is 22.4 Å². The summed E-state index contributed by atoms with van der Waals surface area (Å²) in [6.45, 7) is 1.79. The molecule has 1 atom stereocenters. The Bertz CT molecular complexity index is 380. The number of amides is 1. The number of hydrogen-bond acceptors (Lipinski definition) is 3. The average Bonchev–Trinajstić information content (AvgIpc) is 2.86. The Morgan fingerprint density at radius 1 is 1.47 bits per heavy atom. The van der Waals surface area contributed by atoms with Crippen LogP contribution in [-0.2, 0) is 11.3 Å². The van der Waals surface area contributed by atoms with E-state index in [-0.39, 0.29) is 6.04 Å². The van der Waals surface area contributed by atoms with Gasteiger partial charge in [-0.05, 0) is 54.6 Å². The molecule has 0 unspecified atom stereocenters. The molecule has 0 spiro atoms. The molecule has 3 rings (SSSR count). The van der Waals surface area contributed by atoms with Gasteiger partial charge in [-0.25, -0.2) is 0 Å². The minimum atomic E-state index is 0.0780. The standard InChI is InChI=1S/C13H18N2OS/c16-13(12-2-1-6-14-12)15(11-3-4-11)8-10-5-7-17-9-10/h5,7,9,11-12,14H,1-4,6,8H2/t12-/m1/s1. The van der Waals surface area contributed by atoms with Gasteiger partial charge in [-0.2, -0.15) is 11.3 Å². The quantitative estimate of drug-likeness (QED) is 0.886. The van der Waals surface area contributed by atoms with Crippen molar-refractivity contribution < 1.29 is 4.79 Å². The van der Waals surface area contributed by atoms with Gasteiger partial charge >= 0.3 is 0 Å². The fraction of sp³-hybridized carbons (Fsp3) is 0.615. The van der Waals surface area contributed by atoms with Crippen molar-refractivity contribution in [2.75, 3.05) is 6.54 Å². The smallest absolute Gasteiger partial charge is 0.240 e. The van der Waals surface area contributed by atoms with Gasteiger partial charge in [0.2, 0.25) is 5.91 Å². The molecule has 0 radical (unpaired) electrons. The molecule has 2 fully saturated rings. The van der Waals surface area contributed by atoms with E-state index in [2.05, 4.69) is 27.0 Å². The van der Waals surface area contributed by atoms with Gasteiger partial charge in [0.25, 0.3) is 0 Å². The lowest BCUT2D eigenvalue weighted by Gasteiger charge is -2.25. The van der Waals surface area contributed by atoms with Gasteiger partial charge in [0.05, 0.1) is 6.04 Å². The van der Waals surface area contributed by atoms with Crippen molar-refractivity contribution in [2.24, 2.45) is 0 Å². The van der Waals surface area contributed by atoms with Crippen LogP contribution in [0, 0.1) is 0 Å². The predicted octanol–water partition coefficient (Wildman–Crippen LogP) is 1.99. The van der Waals surface area contributed by atoms with Crippen LogP contribution in [0.2, 0.25) is 0 Å². The number of carbonyl (C=O) groups is 1. The van der Waals surface area contributed by atoms with Crippen molar-refractivity contribution in [1.29, 1.82) is 0 Å². The first-order chi connectivity index (χ1) is 8.34. The Balaban J connectivity index is 1.68. The predicted molar refractivity (Wildman–Crippen MR) is 68.9 cm³/mol. The molecule has 1 aliphatic heterocycles. The first kappa shape index (κ1) is 11.2. The second-order valence-electron chi connectivity index (χ2n) is 4.98. The lowest BCUT2D eigenvalue weighted by Crippen LogP contribution is -2.44. The summed E-state index contributed by atoms with van der Waals surface area (Å²) in [4.78, 5) is 14.5. The second-order valence-corrected chi connectivity index (χ2v) is 5.76. The fourth-order valence-electron chi connectivity index (χ4n) is 2.45. The molecular weight excluding hydrogens is 232 g/mol. The van der Waals surface area contributed by atoms with E-state index in [1.54, 1.807) is 11.3 Å². The van der Waals surface area contributed by atoms with Crippen molar-refractivity contribution in [2.45, 2.75) is 44.3 Å². The largest absolute Gasteiger partial charge is 0.334 e. The summed E-state index contributed by atoms with van der Waals surface area (Å²) in [6.07, 6.45) is 4.50. The molecule has 1 aromatic heterocycles. The van der Waals surface area contributed by atoms with E-state index < -0.39 is 0 Å². The normalized spacial score (nSPS) is 23.9. The molecule has 2 aliphatic rings. The number of nitrogens with one attached hydrogen (secondary N) is 1. The minimum Gasteiger partial charge on any atom is -0.334 e. The van der Waals surface area contributed by atoms with E-state index in [1.165, 1.54) is 18.4 Å². The maximum atomic E-state index is 12.4. The Morgan fingerprint density at radius 2 is 2.35 bits per heavy atom. The third-order valence-corrected chi connectivity index (χ3v) is 4.29. The van der Waals surface area contributed by atoms with Gasteiger partial charge in [0.15, 0.2) is 0 Å². The summed E-state index contributed by atoms with van der Waals surface area (Å²) in [6, 6.07) is 2.70. The van der Waals surface area contributed by atoms with Crippen LogP contribution in [0.15, 0.2) is 16.8 Å². The molecular formula is C13H18N2OS. The van der Waals surface area contributed by atoms with Crippen LogP contribution in [0.3, 0.4) is 0 Å². The first-order valence-corrected chi connectivity index (χ1v) is 7.34. The molecule has 3 nitrogen and oxygen atoms in total. The van der Waals surface area contributed by atoms with Gasteiger partial charge in [0, 0.05) is 12.6 Å². The lowest BCUT2D eigenvalue weighted by molar-refractivity contribution is -0.134. The van der Waals surface area contributed by atoms with Gasteiger partial charge < -0.3 is 10.2 Å². The molecule has 1 amide bonds. The maximum absolute atomic E-state index is 12.4. The highest BCUT2D eigenvalue weighted by molar-refractivity contribution is 7.07. The molecule has 1 aliphatic carbocycles. The Labute approximate surface area is 106 Å². The summed E-state index contributed by atoms with van der Waals surface area (Å²) in [5.74, 6) is 0.316. The molecule has 92 valence electrons. The van der Waals surface area contributed by atoms with Gasteiger partial charge in [-0.15, -0.1) is 0 Å². The number of hydrogen-bond donors (Lipinski definition) is 1. The summed E-state index contributed by atoms with van der Waals surface area (Å²) in [5, 5.41) is 7.54.